The number of ether oxygens (including phenoxy) is 1. The number of carbonyl (C=O) groups is 1. The Bertz CT molecular complexity index is 1260. The Hall–Kier alpha value is -2.03. The van der Waals surface area contributed by atoms with Gasteiger partial charge in [0.05, 0.1) is 0 Å². The Morgan fingerprint density at radius 2 is 1.57 bits per heavy atom. The van der Waals surface area contributed by atoms with E-state index in [-0.39, 0.29) is 28.7 Å². The minimum atomic E-state index is -0.257. The second kappa shape index (κ2) is 10.00. The van der Waals surface area contributed by atoms with Gasteiger partial charge in [-0.25, -0.2) is 4.79 Å². The fourth-order valence-corrected chi connectivity index (χ4v) is 12.6. The van der Waals surface area contributed by atoms with Crippen LogP contribution in [0.3, 0.4) is 0 Å². The summed E-state index contributed by atoms with van der Waals surface area (Å²) in [5.41, 5.74) is 3.78. The van der Waals surface area contributed by atoms with Crippen molar-refractivity contribution in [3.8, 4) is 5.75 Å². The number of benzene rings is 1. The van der Waals surface area contributed by atoms with Crippen LogP contribution in [0.2, 0.25) is 0 Å². The number of phenols is 1. The van der Waals surface area contributed by atoms with Gasteiger partial charge in [0.25, 0.3) is 0 Å². The Labute approximate surface area is 255 Å². The Kier molecular flexibility index (Phi) is 7.14. The normalized spacial score (nSPS) is 45.8. The molecule has 10 atom stereocenters. The van der Waals surface area contributed by atoms with E-state index in [1.807, 2.05) is 12.1 Å². The highest BCUT2D eigenvalue weighted by molar-refractivity contribution is 5.87. The minimum absolute atomic E-state index is 0.0598. The van der Waals surface area contributed by atoms with E-state index in [4.69, 9.17) is 4.74 Å². The molecule has 6 rings (SSSR count). The highest BCUT2D eigenvalue weighted by Crippen LogP contribution is 2.77. The zero-order valence-corrected chi connectivity index (χ0v) is 27.5. The standard InChI is InChI=1S/C39H56O3/c1-25(2)28-17-20-36(5)23-24-38(7)29(34(28)36)14-15-31-37(6)21-19-32(35(3,4)30(37)18-22-39(31,38)8)42-33(41)16-11-26-9-12-27(40)13-10-26/h9-13,16,28-32,34,40H,1,14-15,17-24H2,2-8H3/b16-11-/t28-,29+,30-,31+,32+,34+,36+,37-,38+,39+/m0/s1. The summed E-state index contributed by atoms with van der Waals surface area (Å²) in [6.45, 7) is 22.3. The van der Waals surface area contributed by atoms with Crippen molar-refractivity contribution in [1.82, 2.24) is 0 Å². The first-order chi connectivity index (χ1) is 19.7. The molecule has 5 aliphatic rings. The van der Waals surface area contributed by atoms with Crippen LogP contribution in [0.4, 0.5) is 0 Å². The van der Waals surface area contributed by atoms with Gasteiger partial charge in [-0.2, -0.15) is 0 Å². The van der Waals surface area contributed by atoms with E-state index in [2.05, 4.69) is 55.0 Å². The fraction of sp³-hybridized carbons (Fsp3) is 0.718. The first-order valence-electron chi connectivity index (χ1n) is 17.0. The summed E-state index contributed by atoms with van der Waals surface area (Å²) >= 11 is 0. The number of aromatic hydroxyl groups is 1. The molecule has 5 aliphatic carbocycles. The van der Waals surface area contributed by atoms with Gasteiger partial charge in [0.1, 0.15) is 11.9 Å². The van der Waals surface area contributed by atoms with Crippen molar-refractivity contribution in [2.75, 3.05) is 0 Å². The van der Waals surface area contributed by atoms with E-state index in [1.54, 1.807) is 24.3 Å². The zero-order valence-electron chi connectivity index (χ0n) is 27.5. The van der Waals surface area contributed by atoms with Crippen molar-refractivity contribution < 1.29 is 14.6 Å². The number of carbonyl (C=O) groups excluding carboxylic acids is 1. The van der Waals surface area contributed by atoms with Gasteiger partial charge in [-0.3, -0.25) is 0 Å². The molecule has 5 fully saturated rings. The van der Waals surface area contributed by atoms with E-state index >= 15 is 0 Å². The molecule has 0 heterocycles. The lowest BCUT2D eigenvalue weighted by atomic mass is 9.32. The Morgan fingerprint density at radius 3 is 2.26 bits per heavy atom. The van der Waals surface area contributed by atoms with Crippen molar-refractivity contribution in [2.24, 2.45) is 56.7 Å². The third-order valence-corrected chi connectivity index (χ3v) is 15.0. The molecule has 0 aliphatic heterocycles. The summed E-state index contributed by atoms with van der Waals surface area (Å²) in [5.74, 6) is 3.57. The van der Waals surface area contributed by atoms with Crippen molar-refractivity contribution in [1.29, 1.82) is 0 Å². The molecular weight excluding hydrogens is 516 g/mol. The molecule has 3 heteroatoms. The SMILES string of the molecule is C=C(C)[C@@H]1CC[C@]2(C)CC[C@]3(C)[C@H](CC[C@@H]4[C@@]5(C)CC[C@@H](OC(=O)/C=C\c6ccc(O)cc6)C(C)(C)[C@@H]5CC[C@]43C)[C@@H]12. The van der Waals surface area contributed by atoms with Crippen LogP contribution < -0.4 is 0 Å². The predicted molar refractivity (Wildman–Crippen MR) is 172 cm³/mol. The molecule has 1 aromatic carbocycles. The minimum Gasteiger partial charge on any atom is -0.508 e. The summed E-state index contributed by atoms with van der Waals surface area (Å²) in [7, 11) is 0. The van der Waals surface area contributed by atoms with Gasteiger partial charge in [-0.05, 0) is 146 Å². The van der Waals surface area contributed by atoms with Crippen LogP contribution in [0.25, 0.3) is 6.08 Å². The van der Waals surface area contributed by atoms with E-state index in [0.717, 1.165) is 36.2 Å². The number of phenolic OH excluding ortho intramolecular Hbond substituents is 1. The molecule has 0 unspecified atom stereocenters. The van der Waals surface area contributed by atoms with Crippen LogP contribution in [-0.4, -0.2) is 17.2 Å². The highest BCUT2D eigenvalue weighted by atomic mass is 16.5. The van der Waals surface area contributed by atoms with Gasteiger partial charge in [-0.1, -0.05) is 65.8 Å². The van der Waals surface area contributed by atoms with Gasteiger partial charge in [0.2, 0.25) is 0 Å². The lowest BCUT2D eigenvalue weighted by Crippen LogP contribution is -2.66. The zero-order chi connectivity index (χ0) is 30.3. The van der Waals surface area contributed by atoms with Crippen LogP contribution in [0.1, 0.15) is 118 Å². The predicted octanol–water partition coefficient (Wildman–Crippen LogP) is 9.99. The molecule has 0 radical (unpaired) electrons. The third kappa shape index (κ3) is 4.29. The maximum absolute atomic E-state index is 13.0. The van der Waals surface area contributed by atoms with Crippen LogP contribution >= 0.6 is 0 Å². The summed E-state index contributed by atoms with van der Waals surface area (Å²) in [6, 6.07) is 6.89. The second-order valence-corrected chi connectivity index (χ2v) is 17.1. The monoisotopic (exact) mass is 572 g/mol. The molecule has 0 saturated heterocycles. The van der Waals surface area contributed by atoms with Gasteiger partial charge in [0, 0.05) is 11.5 Å². The lowest BCUT2D eigenvalue weighted by molar-refractivity contribution is -0.248. The van der Waals surface area contributed by atoms with E-state index in [9.17, 15) is 9.90 Å². The fourth-order valence-electron chi connectivity index (χ4n) is 12.6. The summed E-state index contributed by atoms with van der Waals surface area (Å²) in [6.07, 6.45) is 16.2. The first kappa shape index (κ1) is 30.0. The Morgan fingerprint density at radius 1 is 0.857 bits per heavy atom. The molecule has 1 aromatic rings. The molecular formula is C39H56O3. The van der Waals surface area contributed by atoms with Gasteiger partial charge in [-0.15, -0.1) is 0 Å². The lowest BCUT2D eigenvalue weighted by Gasteiger charge is -2.73. The number of rotatable bonds is 4. The third-order valence-electron chi connectivity index (χ3n) is 15.0. The maximum atomic E-state index is 13.0. The molecule has 0 spiro atoms. The van der Waals surface area contributed by atoms with E-state index in [1.165, 1.54) is 56.9 Å². The van der Waals surface area contributed by atoms with E-state index < -0.39 is 0 Å². The quantitative estimate of drug-likeness (QED) is 0.222. The number of fused-ring (bicyclic) bond motifs is 7. The largest absolute Gasteiger partial charge is 0.508 e. The van der Waals surface area contributed by atoms with E-state index in [0.29, 0.717) is 28.1 Å². The summed E-state index contributed by atoms with van der Waals surface area (Å²) in [4.78, 5) is 13.0. The van der Waals surface area contributed by atoms with Crippen molar-refractivity contribution in [2.45, 2.75) is 119 Å². The molecule has 0 amide bonds. The summed E-state index contributed by atoms with van der Waals surface area (Å²) in [5, 5.41) is 9.54. The molecule has 1 N–H and O–H groups in total. The van der Waals surface area contributed by atoms with Crippen LogP contribution in [0.5, 0.6) is 5.75 Å². The number of hydrogen-bond donors (Lipinski definition) is 1. The number of esters is 1. The van der Waals surface area contributed by atoms with Crippen molar-refractivity contribution in [3.63, 3.8) is 0 Å². The molecule has 42 heavy (non-hydrogen) atoms. The first-order valence-corrected chi connectivity index (χ1v) is 17.0. The Balaban J connectivity index is 1.22. The molecule has 230 valence electrons. The highest BCUT2D eigenvalue weighted by Gasteiger charge is 2.70. The maximum Gasteiger partial charge on any atom is 0.331 e. The van der Waals surface area contributed by atoms with Crippen LogP contribution in [0, 0.1) is 56.7 Å². The van der Waals surface area contributed by atoms with Gasteiger partial charge < -0.3 is 9.84 Å². The second-order valence-electron chi connectivity index (χ2n) is 17.1. The average molecular weight is 573 g/mol. The van der Waals surface area contributed by atoms with Crippen molar-refractivity contribution in [3.05, 3.63) is 48.1 Å². The van der Waals surface area contributed by atoms with Gasteiger partial charge >= 0.3 is 5.97 Å². The average Bonchev–Trinajstić information content (AvgIpc) is 3.28. The smallest absolute Gasteiger partial charge is 0.331 e. The molecule has 0 bridgehead atoms. The van der Waals surface area contributed by atoms with Crippen LogP contribution in [0.15, 0.2) is 42.5 Å². The van der Waals surface area contributed by atoms with Crippen LogP contribution in [-0.2, 0) is 9.53 Å². The number of allylic oxidation sites excluding steroid dienone is 1. The molecule has 3 nitrogen and oxygen atoms in total. The molecule has 5 saturated carbocycles. The van der Waals surface area contributed by atoms with Crippen molar-refractivity contribution >= 4 is 12.0 Å². The molecule has 0 aromatic heterocycles. The number of hydrogen-bond acceptors (Lipinski definition) is 3. The topological polar surface area (TPSA) is 46.5 Å². The summed E-state index contributed by atoms with van der Waals surface area (Å²) < 4.78 is 6.22. The van der Waals surface area contributed by atoms with Gasteiger partial charge in [0.15, 0.2) is 0 Å².